The van der Waals surface area contributed by atoms with Crippen LogP contribution in [0, 0.1) is 0 Å². The molecule has 0 aliphatic carbocycles. The molecular formula is C10H13NO2S2. The fourth-order valence-corrected chi connectivity index (χ4v) is 3.87. The van der Waals surface area contributed by atoms with Crippen LogP contribution < -0.4 is 5.32 Å². The summed E-state index contributed by atoms with van der Waals surface area (Å²) in [5, 5.41) is 12.1. The molecule has 1 aliphatic rings. The summed E-state index contributed by atoms with van der Waals surface area (Å²) < 4.78 is 0. The second kappa shape index (κ2) is 4.55. The Bertz CT molecular complexity index is 364. The number of hydrogen-bond acceptors (Lipinski definition) is 4. The molecule has 1 saturated heterocycles. The third-order valence-electron chi connectivity index (χ3n) is 2.37. The molecule has 0 radical (unpaired) electrons. The number of carboxylic acid groups (broad SMARTS) is 1. The van der Waals surface area contributed by atoms with Crippen molar-refractivity contribution < 1.29 is 9.90 Å². The molecule has 0 bridgehead atoms. The molecule has 0 amide bonds. The summed E-state index contributed by atoms with van der Waals surface area (Å²) in [5.41, 5.74) is 0. The monoisotopic (exact) mass is 243 g/mol. The molecule has 1 fully saturated rings. The van der Waals surface area contributed by atoms with Crippen LogP contribution in [0.1, 0.15) is 22.1 Å². The molecule has 2 heterocycles. The van der Waals surface area contributed by atoms with Gasteiger partial charge in [0.1, 0.15) is 6.04 Å². The lowest BCUT2D eigenvalue weighted by molar-refractivity contribution is -0.138. The van der Waals surface area contributed by atoms with Crippen LogP contribution in [0.2, 0.25) is 0 Å². The lowest BCUT2D eigenvalue weighted by Gasteiger charge is -2.07. The highest BCUT2D eigenvalue weighted by atomic mass is 32.2. The number of carbonyl (C=O) groups is 1. The lowest BCUT2D eigenvalue weighted by atomic mass is 10.3. The molecule has 82 valence electrons. The zero-order chi connectivity index (χ0) is 10.8. The Morgan fingerprint density at radius 1 is 1.67 bits per heavy atom. The van der Waals surface area contributed by atoms with E-state index >= 15 is 0 Å². The van der Waals surface area contributed by atoms with Gasteiger partial charge in [-0.05, 0) is 18.6 Å². The summed E-state index contributed by atoms with van der Waals surface area (Å²) in [5.74, 6) is -0.100. The minimum absolute atomic E-state index is 0.163. The van der Waals surface area contributed by atoms with Gasteiger partial charge in [0.05, 0.1) is 5.37 Å². The number of rotatable bonds is 3. The lowest BCUT2D eigenvalue weighted by Crippen LogP contribution is -2.33. The van der Waals surface area contributed by atoms with Gasteiger partial charge in [-0.3, -0.25) is 10.1 Å². The van der Waals surface area contributed by atoms with E-state index in [1.807, 2.05) is 0 Å². The van der Waals surface area contributed by atoms with Crippen molar-refractivity contribution in [2.75, 3.05) is 5.75 Å². The molecule has 2 N–H and O–H groups in total. The highest BCUT2D eigenvalue weighted by Crippen LogP contribution is 2.36. The van der Waals surface area contributed by atoms with Gasteiger partial charge in [0.15, 0.2) is 0 Å². The topological polar surface area (TPSA) is 49.3 Å². The minimum atomic E-state index is -0.753. The molecule has 1 aromatic heterocycles. The van der Waals surface area contributed by atoms with Crippen molar-refractivity contribution in [1.29, 1.82) is 0 Å². The molecular weight excluding hydrogens is 230 g/mol. The van der Waals surface area contributed by atoms with Gasteiger partial charge in [-0.15, -0.1) is 23.1 Å². The number of aliphatic carboxylic acids is 1. The Morgan fingerprint density at radius 2 is 2.47 bits per heavy atom. The van der Waals surface area contributed by atoms with Crippen LogP contribution in [0.3, 0.4) is 0 Å². The first-order chi connectivity index (χ1) is 7.20. The predicted molar refractivity (Wildman–Crippen MR) is 63.5 cm³/mol. The third kappa shape index (κ3) is 2.35. The molecule has 0 spiro atoms. The van der Waals surface area contributed by atoms with E-state index in [0.717, 1.165) is 6.42 Å². The van der Waals surface area contributed by atoms with Gasteiger partial charge in [-0.1, -0.05) is 6.92 Å². The van der Waals surface area contributed by atoms with Crippen LogP contribution in [0.4, 0.5) is 0 Å². The Hall–Kier alpha value is -0.520. The second-order valence-corrected chi connectivity index (χ2v) is 5.77. The summed E-state index contributed by atoms with van der Waals surface area (Å²) >= 11 is 3.44. The van der Waals surface area contributed by atoms with Crippen molar-refractivity contribution in [3.8, 4) is 0 Å². The predicted octanol–water partition coefficient (Wildman–Crippen LogP) is 2.10. The maximum absolute atomic E-state index is 10.8. The summed E-state index contributed by atoms with van der Waals surface area (Å²) in [6, 6.07) is 3.82. The Kier molecular flexibility index (Phi) is 3.33. The highest BCUT2D eigenvalue weighted by Gasteiger charge is 2.30. The maximum atomic E-state index is 10.8. The molecule has 3 nitrogen and oxygen atoms in total. The second-order valence-electron chi connectivity index (χ2n) is 3.43. The molecule has 1 aliphatic heterocycles. The normalized spacial score (nSPS) is 25.7. The van der Waals surface area contributed by atoms with Crippen molar-refractivity contribution in [1.82, 2.24) is 5.32 Å². The SMILES string of the molecule is CCc1ccc([C@@H]2N[C@H](C(=O)O)CS2)s1. The molecule has 1 aromatic rings. The van der Waals surface area contributed by atoms with E-state index in [0.29, 0.717) is 5.75 Å². The van der Waals surface area contributed by atoms with Gasteiger partial charge >= 0.3 is 5.97 Å². The summed E-state index contributed by atoms with van der Waals surface area (Å²) in [6.07, 6.45) is 1.05. The largest absolute Gasteiger partial charge is 0.480 e. The molecule has 5 heteroatoms. The first-order valence-electron chi connectivity index (χ1n) is 4.89. The van der Waals surface area contributed by atoms with E-state index in [-0.39, 0.29) is 5.37 Å². The van der Waals surface area contributed by atoms with Gasteiger partial charge in [0.2, 0.25) is 0 Å². The molecule has 15 heavy (non-hydrogen) atoms. The number of thiophene rings is 1. The first kappa shape index (κ1) is 11.0. The van der Waals surface area contributed by atoms with Crippen LogP contribution in [0.5, 0.6) is 0 Å². The van der Waals surface area contributed by atoms with E-state index in [1.54, 1.807) is 23.1 Å². The molecule has 2 atom stereocenters. The highest BCUT2D eigenvalue weighted by molar-refractivity contribution is 7.99. The van der Waals surface area contributed by atoms with Crippen molar-refractivity contribution in [2.45, 2.75) is 24.8 Å². The van der Waals surface area contributed by atoms with Crippen molar-refractivity contribution in [2.24, 2.45) is 0 Å². The van der Waals surface area contributed by atoms with E-state index in [2.05, 4.69) is 24.4 Å². The summed E-state index contributed by atoms with van der Waals surface area (Å²) in [6.45, 7) is 2.13. The van der Waals surface area contributed by atoms with Crippen molar-refractivity contribution in [3.05, 3.63) is 21.9 Å². The fraction of sp³-hybridized carbons (Fsp3) is 0.500. The van der Waals surface area contributed by atoms with Gasteiger partial charge < -0.3 is 5.11 Å². The quantitative estimate of drug-likeness (QED) is 0.853. The van der Waals surface area contributed by atoms with E-state index in [9.17, 15) is 4.79 Å². The van der Waals surface area contributed by atoms with Gasteiger partial charge in [-0.25, -0.2) is 0 Å². The van der Waals surface area contributed by atoms with E-state index in [1.165, 1.54) is 9.75 Å². The molecule has 0 aromatic carbocycles. The van der Waals surface area contributed by atoms with Crippen LogP contribution in [0.25, 0.3) is 0 Å². The van der Waals surface area contributed by atoms with Crippen LogP contribution >= 0.6 is 23.1 Å². The first-order valence-corrected chi connectivity index (χ1v) is 6.76. The zero-order valence-corrected chi connectivity index (χ0v) is 10.0. The van der Waals surface area contributed by atoms with Crippen molar-refractivity contribution >= 4 is 29.1 Å². The number of nitrogens with one attached hydrogen (secondary N) is 1. The van der Waals surface area contributed by atoms with Crippen molar-refractivity contribution in [3.63, 3.8) is 0 Å². The number of thioether (sulfide) groups is 1. The molecule has 2 rings (SSSR count). The molecule has 0 saturated carbocycles. The zero-order valence-electron chi connectivity index (χ0n) is 8.40. The average Bonchev–Trinajstić information content (AvgIpc) is 2.86. The standard InChI is InChI=1S/C10H13NO2S2/c1-2-6-3-4-8(15-6)9-11-7(5-14-9)10(12)13/h3-4,7,9,11H,2,5H2,1H3,(H,12,13)/t7-,9+/m0/s1. The van der Waals surface area contributed by atoms with E-state index in [4.69, 9.17) is 5.11 Å². The summed E-state index contributed by atoms with van der Waals surface area (Å²) in [4.78, 5) is 13.4. The van der Waals surface area contributed by atoms with E-state index < -0.39 is 12.0 Å². The molecule has 0 unspecified atom stereocenters. The fourth-order valence-electron chi connectivity index (χ4n) is 1.50. The number of carboxylic acids is 1. The maximum Gasteiger partial charge on any atom is 0.321 e. The number of aryl methyl sites for hydroxylation is 1. The number of hydrogen-bond donors (Lipinski definition) is 2. The van der Waals surface area contributed by atoms with Gasteiger partial charge in [0.25, 0.3) is 0 Å². The Balaban J connectivity index is 2.04. The van der Waals surface area contributed by atoms with Gasteiger partial charge in [-0.2, -0.15) is 0 Å². The van der Waals surface area contributed by atoms with Gasteiger partial charge in [0, 0.05) is 15.5 Å². The average molecular weight is 243 g/mol. The Morgan fingerprint density at radius 3 is 3.00 bits per heavy atom. The van der Waals surface area contributed by atoms with Crippen LogP contribution in [-0.2, 0) is 11.2 Å². The summed E-state index contributed by atoms with van der Waals surface area (Å²) in [7, 11) is 0. The minimum Gasteiger partial charge on any atom is -0.480 e. The Labute approximate surface area is 96.9 Å². The smallest absolute Gasteiger partial charge is 0.321 e. The van der Waals surface area contributed by atoms with Crippen LogP contribution in [-0.4, -0.2) is 22.9 Å². The van der Waals surface area contributed by atoms with Crippen LogP contribution in [0.15, 0.2) is 12.1 Å². The third-order valence-corrected chi connectivity index (χ3v) is 5.06.